The van der Waals surface area contributed by atoms with Gasteiger partial charge in [-0.25, -0.2) is 4.79 Å². The Hall–Kier alpha value is -2.56. The Labute approximate surface area is 129 Å². The average molecular weight is 301 g/mol. The molecule has 2 aromatic rings. The largest absolute Gasteiger partial charge is 0.497 e. The molecule has 0 fully saturated rings. The number of carbonyl (C=O) groups is 2. The molecule has 0 amide bonds. The third kappa shape index (κ3) is 2.88. The van der Waals surface area contributed by atoms with Gasteiger partial charge >= 0.3 is 5.97 Å². The van der Waals surface area contributed by atoms with E-state index in [4.69, 9.17) is 9.47 Å². The number of nitrogens with one attached hydrogen (secondary N) is 1. The number of ketones is 1. The van der Waals surface area contributed by atoms with Crippen molar-refractivity contribution in [2.75, 3.05) is 13.7 Å². The van der Waals surface area contributed by atoms with Crippen LogP contribution in [0.4, 0.5) is 0 Å². The van der Waals surface area contributed by atoms with Crippen LogP contribution in [-0.2, 0) is 4.74 Å². The fraction of sp³-hybridized carbons (Fsp3) is 0.294. The van der Waals surface area contributed by atoms with Crippen LogP contribution in [0.25, 0.3) is 11.3 Å². The predicted molar refractivity (Wildman–Crippen MR) is 83.5 cm³/mol. The van der Waals surface area contributed by atoms with Gasteiger partial charge in [-0.05, 0) is 50.6 Å². The van der Waals surface area contributed by atoms with Crippen molar-refractivity contribution in [3.63, 3.8) is 0 Å². The Morgan fingerprint density at radius 1 is 1.14 bits per heavy atom. The molecule has 0 unspecified atom stereocenters. The fourth-order valence-corrected chi connectivity index (χ4v) is 2.45. The third-order valence-corrected chi connectivity index (χ3v) is 3.40. The van der Waals surface area contributed by atoms with Crippen LogP contribution in [0.3, 0.4) is 0 Å². The minimum Gasteiger partial charge on any atom is -0.497 e. The van der Waals surface area contributed by atoms with Crippen LogP contribution in [0.5, 0.6) is 5.75 Å². The highest BCUT2D eigenvalue weighted by Crippen LogP contribution is 2.30. The van der Waals surface area contributed by atoms with E-state index < -0.39 is 5.97 Å². The first-order valence-electron chi connectivity index (χ1n) is 7.04. The maximum atomic E-state index is 12.3. The summed E-state index contributed by atoms with van der Waals surface area (Å²) in [6, 6.07) is 7.26. The number of methoxy groups -OCH3 is 1. The highest BCUT2D eigenvalue weighted by Gasteiger charge is 2.25. The Balaban J connectivity index is 2.61. The number of esters is 1. The van der Waals surface area contributed by atoms with E-state index in [2.05, 4.69) is 4.98 Å². The van der Waals surface area contributed by atoms with Crippen LogP contribution in [0, 0.1) is 6.92 Å². The van der Waals surface area contributed by atoms with Crippen LogP contribution < -0.4 is 4.74 Å². The van der Waals surface area contributed by atoms with Crippen LogP contribution >= 0.6 is 0 Å². The highest BCUT2D eigenvalue weighted by atomic mass is 16.5. The Morgan fingerprint density at radius 2 is 1.77 bits per heavy atom. The molecule has 1 N–H and O–H groups in total. The van der Waals surface area contributed by atoms with E-state index in [1.54, 1.807) is 33.1 Å². The van der Waals surface area contributed by atoms with Crippen LogP contribution in [0.15, 0.2) is 24.3 Å². The van der Waals surface area contributed by atoms with Crippen molar-refractivity contribution in [3.8, 4) is 17.0 Å². The van der Waals surface area contributed by atoms with Gasteiger partial charge in [0.05, 0.1) is 30.5 Å². The number of H-pyrrole nitrogens is 1. The van der Waals surface area contributed by atoms with E-state index >= 15 is 0 Å². The molecular formula is C17H19NO4. The lowest BCUT2D eigenvalue weighted by atomic mass is 10.0. The Bertz CT molecular complexity index is 698. The summed E-state index contributed by atoms with van der Waals surface area (Å²) in [5, 5.41) is 0. The van der Waals surface area contributed by atoms with Crippen LogP contribution in [0.2, 0.25) is 0 Å². The van der Waals surface area contributed by atoms with Gasteiger partial charge in [-0.1, -0.05) is 0 Å². The monoisotopic (exact) mass is 301 g/mol. The molecule has 0 aliphatic rings. The average Bonchev–Trinajstić information content (AvgIpc) is 2.85. The molecule has 0 saturated carbocycles. The van der Waals surface area contributed by atoms with E-state index in [1.165, 1.54) is 6.92 Å². The molecule has 0 atom stereocenters. The molecule has 0 saturated heterocycles. The molecule has 5 heteroatoms. The van der Waals surface area contributed by atoms with Crippen molar-refractivity contribution in [1.29, 1.82) is 0 Å². The summed E-state index contributed by atoms with van der Waals surface area (Å²) in [7, 11) is 1.59. The standard InChI is InChI=1S/C17H19NO4/c1-5-22-17(20)15-14(11(3)19)10(2)18-16(15)12-6-8-13(21-4)9-7-12/h6-9,18H,5H2,1-4H3. The second-order valence-corrected chi connectivity index (χ2v) is 4.88. The van der Waals surface area contributed by atoms with Gasteiger partial charge in [0.15, 0.2) is 5.78 Å². The van der Waals surface area contributed by atoms with Gasteiger partial charge in [-0.2, -0.15) is 0 Å². The zero-order valence-electron chi connectivity index (χ0n) is 13.1. The number of ether oxygens (including phenoxy) is 2. The first-order chi connectivity index (χ1) is 10.5. The molecule has 1 aromatic carbocycles. The molecule has 2 rings (SSSR count). The number of benzene rings is 1. The van der Waals surface area contributed by atoms with Gasteiger partial charge in [0.25, 0.3) is 0 Å². The van der Waals surface area contributed by atoms with Crippen molar-refractivity contribution in [2.45, 2.75) is 20.8 Å². The summed E-state index contributed by atoms with van der Waals surface area (Å²) in [6.45, 7) is 5.20. The number of carbonyl (C=O) groups excluding carboxylic acids is 2. The van der Waals surface area contributed by atoms with Gasteiger partial charge in [0.2, 0.25) is 0 Å². The van der Waals surface area contributed by atoms with E-state index in [0.29, 0.717) is 17.0 Å². The lowest BCUT2D eigenvalue weighted by molar-refractivity contribution is 0.0524. The van der Waals surface area contributed by atoms with E-state index in [1.807, 2.05) is 12.1 Å². The molecule has 1 heterocycles. The lowest BCUT2D eigenvalue weighted by Gasteiger charge is -2.07. The summed E-state index contributed by atoms with van der Waals surface area (Å²) in [5.41, 5.74) is 2.70. The second-order valence-electron chi connectivity index (χ2n) is 4.88. The van der Waals surface area contributed by atoms with Crippen molar-refractivity contribution >= 4 is 11.8 Å². The molecule has 116 valence electrons. The van der Waals surface area contributed by atoms with Crippen molar-refractivity contribution in [1.82, 2.24) is 4.98 Å². The Kier molecular flexibility index (Phi) is 4.65. The first kappa shape index (κ1) is 15.8. The minimum absolute atomic E-state index is 0.170. The van der Waals surface area contributed by atoms with Crippen LogP contribution in [-0.4, -0.2) is 30.5 Å². The van der Waals surface area contributed by atoms with E-state index in [9.17, 15) is 9.59 Å². The molecular weight excluding hydrogens is 282 g/mol. The van der Waals surface area contributed by atoms with Gasteiger partial charge in [-0.3, -0.25) is 4.79 Å². The number of rotatable bonds is 5. The van der Waals surface area contributed by atoms with Gasteiger partial charge in [0.1, 0.15) is 5.75 Å². The zero-order valence-corrected chi connectivity index (χ0v) is 13.1. The summed E-state index contributed by atoms with van der Waals surface area (Å²) < 4.78 is 10.2. The predicted octanol–water partition coefficient (Wildman–Crippen LogP) is 3.38. The number of hydrogen-bond acceptors (Lipinski definition) is 4. The quantitative estimate of drug-likeness (QED) is 0.679. The second kappa shape index (κ2) is 6.47. The summed E-state index contributed by atoms with van der Waals surface area (Å²) in [5.74, 6) is 0.0518. The normalized spacial score (nSPS) is 10.4. The Morgan fingerprint density at radius 3 is 2.27 bits per heavy atom. The molecule has 0 aliphatic carbocycles. The minimum atomic E-state index is -0.497. The van der Waals surface area contributed by atoms with Crippen LogP contribution in [0.1, 0.15) is 40.3 Å². The van der Waals surface area contributed by atoms with Gasteiger partial charge in [-0.15, -0.1) is 0 Å². The number of aryl methyl sites for hydroxylation is 1. The molecule has 0 aliphatic heterocycles. The molecule has 0 bridgehead atoms. The van der Waals surface area contributed by atoms with Crippen molar-refractivity contribution in [3.05, 3.63) is 41.1 Å². The maximum absolute atomic E-state index is 12.3. The molecule has 5 nitrogen and oxygen atoms in total. The van der Waals surface area contributed by atoms with Gasteiger partial charge < -0.3 is 14.5 Å². The maximum Gasteiger partial charge on any atom is 0.341 e. The molecule has 0 radical (unpaired) electrons. The van der Waals surface area contributed by atoms with Crippen molar-refractivity contribution < 1.29 is 19.1 Å². The summed E-state index contributed by atoms with van der Waals surface area (Å²) >= 11 is 0. The number of aromatic nitrogens is 1. The number of hydrogen-bond donors (Lipinski definition) is 1. The smallest absolute Gasteiger partial charge is 0.341 e. The summed E-state index contributed by atoms with van der Waals surface area (Å²) in [6.07, 6.45) is 0. The zero-order chi connectivity index (χ0) is 16.3. The lowest BCUT2D eigenvalue weighted by Crippen LogP contribution is -2.10. The van der Waals surface area contributed by atoms with Crippen molar-refractivity contribution in [2.24, 2.45) is 0 Å². The number of aromatic amines is 1. The molecule has 22 heavy (non-hydrogen) atoms. The van der Waals surface area contributed by atoms with E-state index in [0.717, 1.165) is 11.3 Å². The highest BCUT2D eigenvalue weighted by molar-refractivity contribution is 6.10. The fourth-order valence-electron chi connectivity index (χ4n) is 2.45. The third-order valence-electron chi connectivity index (χ3n) is 3.40. The van der Waals surface area contributed by atoms with E-state index in [-0.39, 0.29) is 18.0 Å². The number of Topliss-reactive ketones (excluding diaryl/α,β-unsaturated/α-hetero) is 1. The van der Waals surface area contributed by atoms with Gasteiger partial charge in [0, 0.05) is 5.69 Å². The molecule has 1 aromatic heterocycles. The first-order valence-corrected chi connectivity index (χ1v) is 7.04. The SMILES string of the molecule is CCOC(=O)c1c(-c2ccc(OC)cc2)[nH]c(C)c1C(C)=O. The summed E-state index contributed by atoms with van der Waals surface area (Å²) in [4.78, 5) is 27.3. The topological polar surface area (TPSA) is 68.4 Å². The molecule has 0 spiro atoms.